The van der Waals surface area contributed by atoms with Gasteiger partial charge in [0.2, 0.25) is 0 Å². The fraction of sp³-hybridized carbons (Fsp3) is 0.600. The van der Waals surface area contributed by atoms with E-state index in [0.29, 0.717) is 37.5 Å². The van der Waals surface area contributed by atoms with Crippen LogP contribution >= 0.6 is 0 Å². The predicted octanol–water partition coefficient (Wildman–Crippen LogP) is 2.72. The number of benzene rings is 1. The molecule has 1 N–H and O–H groups in total. The molecule has 1 aromatic carbocycles. The maximum Gasteiger partial charge on any atom is 0.407 e. The fourth-order valence-corrected chi connectivity index (χ4v) is 4.02. The Hall–Kier alpha value is -2.30. The Morgan fingerprint density at radius 3 is 2.67 bits per heavy atom. The van der Waals surface area contributed by atoms with E-state index in [2.05, 4.69) is 31.7 Å². The maximum absolute atomic E-state index is 11.4. The number of ether oxygens (including phenoxy) is 2. The van der Waals surface area contributed by atoms with Gasteiger partial charge in [-0.15, -0.1) is 0 Å². The van der Waals surface area contributed by atoms with E-state index in [1.54, 1.807) is 13.2 Å². The van der Waals surface area contributed by atoms with Crippen molar-refractivity contribution in [2.75, 3.05) is 33.3 Å². The highest BCUT2D eigenvalue weighted by Crippen LogP contribution is 2.39. The number of methoxy groups -OCH3 is 1. The number of carbonyl (C=O) groups is 1. The maximum atomic E-state index is 11.4. The number of morpholine rings is 1. The van der Waals surface area contributed by atoms with Crippen molar-refractivity contribution in [3.05, 3.63) is 29.3 Å². The van der Waals surface area contributed by atoms with Gasteiger partial charge in [-0.05, 0) is 23.1 Å². The molecule has 3 atom stereocenters. The lowest BCUT2D eigenvalue weighted by Crippen LogP contribution is -2.65. The van der Waals surface area contributed by atoms with Gasteiger partial charge in [0.15, 0.2) is 0 Å². The van der Waals surface area contributed by atoms with Gasteiger partial charge in [0.25, 0.3) is 0 Å². The third-order valence-corrected chi connectivity index (χ3v) is 5.44. The molecule has 146 valence electrons. The van der Waals surface area contributed by atoms with Gasteiger partial charge >= 0.3 is 6.09 Å². The molecule has 0 spiro atoms. The van der Waals surface area contributed by atoms with Crippen LogP contribution in [0.3, 0.4) is 0 Å². The molecule has 0 aromatic heterocycles. The number of piperazine rings is 1. The Balaban J connectivity index is 1.89. The molecule has 27 heavy (non-hydrogen) atoms. The molecule has 1 unspecified atom stereocenters. The number of amides is 1. The average Bonchev–Trinajstić information content (AvgIpc) is 2.65. The Kier molecular flexibility index (Phi) is 5.31. The molecule has 3 rings (SSSR count). The van der Waals surface area contributed by atoms with Crippen LogP contribution in [0.2, 0.25) is 0 Å². The molecule has 1 amide bonds. The molecular weight excluding hydrogens is 346 g/mol. The normalized spacial score (nSPS) is 26.2. The Labute approximate surface area is 160 Å². The van der Waals surface area contributed by atoms with E-state index >= 15 is 0 Å². The van der Waals surface area contributed by atoms with Crippen molar-refractivity contribution >= 4 is 6.09 Å². The van der Waals surface area contributed by atoms with Gasteiger partial charge < -0.3 is 19.5 Å². The lowest BCUT2D eigenvalue weighted by molar-refractivity contribution is -0.173. The molecule has 0 saturated carbocycles. The highest BCUT2D eigenvalue weighted by atomic mass is 16.5. The third kappa shape index (κ3) is 3.87. The van der Waals surface area contributed by atoms with E-state index in [0.717, 1.165) is 5.56 Å². The smallest absolute Gasteiger partial charge is 0.407 e. The minimum atomic E-state index is -0.874. The van der Waals surface area contributed by atoms with Gasteiger partial charge in [-0.2, -0.15) is 5.26 Å². The lowest BCUT2D eigenvalue weighted by atomic mass is 9.81. The first kappa shape index (κ1) is 19.5. The van der Waals surface area contributed by atoms with Crippen molar-refractivity contribution in [1.82, 2.24) is 9.80 Å². The van der Waals surface area contributed by atoms with Crippen molar-refractivity contribution in [2.24, 2.45) is 5.41 Å². The molecule has 0 bridgehead atoms. The summed E-state index contributed by atoms with van der Waals surface area (Å²) in [7, 11) is 1.56. The minimum absolute atomic E-state index is 0.0337. The summed E-state index contributed by atoms with van der Waals surface area (Å²) in [6, 6.07) is 7.72. The van der Waals surface area contributed by atoms with Crippen LogP contribution in [0, 0.1) is 16.7 Å². The van der Waals surface area contributed by atoms with E-state index in [1.807, 2.05) is 12.1 Å². The zero-order valence-electron chi connectivity index (χ0n) is 16.3. The standard InChI is InChI=1S/C20H27N3O4/c1-20(2,3)18-15-11-23(19(24)25)8-7-22(15)12-17(27-18)13-5-6-14(10-21)16(9-13)26-4/h5-6,9,15,17-18H,7-8,11-12H2,1-4H3,(H,24,25)/t15-,17+,18?/m1/s1. The highest BCUT2D eigenvalue weighted by molar-refractivity contribution is 5.65. The largest absolute Gasteiger partial charge is 0.495 e. The van der Waals surface area contributed by atoms with Crippen LogP contribution in [0.4, 0.5) is 4.79 Å². The summed E-state index contributed by atoms with van der Waals surface area (Å²) in [5.74, 6) is 0.545. The van der Waals surface area contributed by atoms with E-state index in [9.17, 15) is 15.2 Å². The molecule has 2 fully saturated rings. The summed E-state index contributed by atoms with van der Waals surface area (Å²) in [6.45, 7) is 8.72. The minimum Gasteiger partial charge on any atom is -0.495 e. The molecule has 0 aliphatic carbocycles. The summed E-state index contributed by atoms with van der Waals surface area (Å²) in [6.07, 6.45) is -1.13. The second-order valence-corrected chi connectivity index (χ2v) is 8.27. The van der Waals surface area contributed by atoms with Crippen LogP contribution in [0.1, 0.15) is 38.0 Å². The van der Waals surface area contributed by atoms with Crippen LogP contribution in [0.15, 0.2) is 18.2 Å². The summed E-state index contributed by atoms with van der Waals surface area (Å²) >= 11 is 0. The third-order valence-electron chi connectivity index (χ3n) is 5.44. The Morgan fingerprint density at radius 1 is 1.33 bits per heavy atom. The summed E-state index contributed by atoms with van der Waals surface area (Å²) in [5, 5.41) is 18.6. The lowest BCUT2D eigenvalue weighted by Gasteiger charge is -2.53. The SMILES string of the molecule is COc1cc([C@@H]2CN3CCN(C(=O)O)C[C@@H]3C(C(C)(C)C)O2)ccc1C#N. The van der Waals surface area contributed by atoms with E-state index in [-0.39, 0.29) is 23.7 Å². The first-order chi connectivity index (χ1) is 12.7. The summed E-state index contributed by atoms with van der Waals surface area (Å²) in [4.78, 5) is 15.3. The van der Waals surface area contributed by atoms with Crippen molar-refractivity contribution in [3.8, 4) is 11.8 Å². The summed E-state index contributed by atoms with van der Waals surface area (Å²) in [5.41, 5.74) is 1.33. The molecule has 2 saturated heterocycles. The predicted molar refractivity (Wildman–Crippen MR) is 99.7 cm³/mol. The molecule has 2 aliphatic heterocycles. The second kappa shape index (κ2) is 7.37. The van der Waals surface area contributed by atoms with Gasteiger partial charge in [0, 0.05) is 26.2 Å². The first-order valence-corrected chi connectivity index (χ1v) is 9.20. The van der Waals surface area contributed by atoms with Crippen LogP contribution < -0.4 is 4.74 Å². The number of rotatable bonds is 2. The number of fused-ring (bicyclic) bond motifs is 1. The monoisotopic (exact) mass is 373 g/mol. The topological polar surface area (TPSA) is 86.0 Å². The second-order valence-electron chi connectivity index (χ2n) is 8.27. The molecular formula is C20H27N3O4. The molecule has 2 aliphatic rings. The zero-order chi connectivity index (χ0) is 19.8. The van der Waals surface area contributed by atoms with Crippen molar-refractivity contribution in [1.29, 1.82) is 5.26 Å². The quantitative estimate of drug-likeness (QED) is 0.858. The Morgan fingerprint density at radius 2 is 2.07 bits per heavy atom. The number of nitriles is 1. The number of hydrogen-bond acceptors (Lipinski definition) is 5. The van der Waals surface area contributed by atoms with Gasteiger partial charge in [-0.25, -0.2) is 4.79 Å². The van der Waals surface area contributed by atoms with Gasteiger partial charge in [0.1, 0.15) is 11.8 Å². The molecule has 0 radical (unpaired) electrons. The molecule has 7 nitrogen and oxygen atoms in total. The van der Waals surface area contributed by atoms with Crippen LogP contribution in [0.5, 0.6) is 5.75 Å². The fourth-order valence-electron chi connectivity index (χ4n) is 4.02. The molecule has 1 aromatic rings. The van der Waals surface area contributed by atoms with E-state index in [4.69, 9.17) is 9.47 Å². The van der Waals surface area contributed by atoms with Crippen molar-refractivity contribution in [3.63, 3.8) is 0 Å². The van der Waals surface area contributed by atoms with Crippen molar-refractivity contribution in [2.45, 2.75) is 39.0 Å². The van der Waals surface area contributed by atoms with Gasteiger partial charge in [0.05, 0.1) is 30.9 Å². The first-order valence-electron chi connectivity index (χ1n) is 9.20. The summed E-state index contributed by atoms with van der Waals surface area (Å²) < 4.78 is 11.9. The number of hydrogen-bond donors (Lipinski definition) is 1. The van der Waals surface area contributed by atoms with Gasteiger partial charge in [-0.1, -0.05) is 26.8 Å². The van der Waals surface area contributed by atoms with E-state index < -0.39 is 6.09 Å². The zero-order valence-corrected chi connectivity index (χ0v) is 16.3. The van der Waals surface area contributed by atoms with Crippen LogP contribution in [-0.4, -0.2) is 66.4 Å². The van der Waals surface area contributed by atoms with Gasteiger partial charge in [-0.3, -0.25) is 4.90 Å². The van der Waals surface area contributed by atoms with Crippen LogP contribution in [-0.2, 0) is 4.74 Å². The van der Waals surface area contributed by atoms with Crippen LogP contribution in [0.25, 0.3) is 0 Å². The average molecular weight is 373 g/mol. The molecule has 7 heteroatoms. The molecule has 2 heterocycles. The number of nitrogens with zero attached hydrogens (tertiary/aromatic N) is 3. The van der Waals surface area contributed by atoms with E-state index in [1.165, 1.54) is 4.90 Å². The number of carboxylic acid groups (broad SMARTS) is 1. The van der Waals surface area contributed by atoms with Crippen molar-refractivity contribution < 1.29 is 19.4 Å². The highest BCUT2D eigenvalue weighted by Gasteiger charge is 2.46. The Bertz CT molecular complexity index is 753.